The fraction of sp³-hybridized carbons (Fsp3) is 0.632. The molecule has 4 rings (SSSR count). The topological polar surface area (TPSA) is 66.1 Å². The number of hydrogen-bond acceptors (Lipinski definition) is 5. The van der Waals surface area contributed by atoms with Gasteiger partial charge in [-0.1, -0.05) is 6.92 Å². The zero-order valence-corrected chi connectivity index (χ0v) is 16.8. The monoisotopic (exact) mass is 391 g/mol. The normalized spacial score (nSPS) is 20.3. The van der Waals surface area contributed by atoms with Crippen molar-refractivity contribution < 1.29 is 4.79 Å². The van der Waals surface area contributed by atoms with Crippen molar-refractivity contribution in [2.24, 2.45) is 5.92 Å². The number of thiophene rings is 1. The van der Waals surface area contributed by atoms with Gasteiger partial charge < -0.3 is 9.88 Å². The van der Waals surface area contributed by atoms with Crippen LogP contribution in [0.3, 0.4) is 0 Å². The highest BCUT2D eigenvalue weighted by Gasteiger charge is 2.22. The maximum absolute atomic E-state index is 12.5. The van der Waals surface area contributed by atoms with Gasteiger partial charge in [0, 0.05) is 18.0 Å². The highest BCUT2D eigenvalue weighted by atomic mass is 32.2. The number of carbonyl (C=O) groups excluding carboxylic acids is 1. The number of hydrogen-bond donors (Lipinski definition) is 1. The van der Waals surface area contributed by atoms with Crippen LogP contribution >= 0.6 is 23.1 Å². The fourth-order valence-corrected chi connectivity index (χ4v) is 6.09. The third kappa shape index (κ3) is 3.69. The van der Waals surface area contributed by atoms with E-state index in [2.05, 4.69) is 16.9 Å². The minimum absolute atomic E-state index is 0.0128. The van der Waals surface area contributed by atoms with E-state index in [4.69, 9.17) is 0 Å². The van der Waals surface area contributed by atoms with Crippen LogP contribution in [-0.4, -0.2) is 39.6 Å². The number of rotatable bonds is 4. The van der Waals surface area contributed by atoms with E-state index in [1.165, 1.54) is 23.3 Å². The van der Waals surface area contributed by atoms with Crippen LogP contribution in [-0.2, 0) is 23.4 Å². The van der Waals surface area contributed by atoms with E-state index < -0.39 is 0 Å². The Balaban J connectivity index is 1.41. The van der Waals surface area contributed by atoms with Crippen LogP contribution in [0.5, 0.6) is 0 Å². The first-order chi connectivity index (χ1) is 12.6. The summed E-state index contributed by atoms with van der Waals surface area (Å²) in [5.41, 5.74) is 1.21. The second kappa shape index (κ2) is 7.72. The molecule has 2 aromatic rings. The molecule has 1 amide bonds. The lowest BCUT2D eigenvalue weighted by molar-refractivity contribution is -0.130. The van der Waals surface area contributed by atoms with Crippen molar-refractivity contribution in [2.75, 3.05) is 18.8 Å². The summed E-state index contributed by atoms with van der Waals surface area (Å²) >= 11 is 3.22. The number of carbonyl (C=O) groups is 1. The molecule has 1 aliphatic carbocycles. The van der Waals surface area contributed by atoms with Gasteiger partial charge in [-0.2, -0.15) is 0 Å². The molecule has 0 unspecified atom stereocenters. The van der Waals surface area contributed by atoms with E-state index in [-0.39, 0.29) is 11.5 Å². The van der Waals surface area contributed by atoms with Gasteiger partial charge >= 0.3 is 0 Å². The second-order valence-electron chi connectivity index (χ2n) is 7.48. The molecule has 140 valence electrons. The Morgan fingerprint density at radius 2 is 2.19 bits per heavy atom. The van der Waals surface area contributed by atoms with Gasteiger partial charge in [0.2, 0.25) is 5.91 Å². The van der Waals surface area contributed by atoms with E-state index in [1.807, 2.05) is 4.90 Å². The minimum Gasteiger partial charge on any atom is -0.342 e. The van der Waals surface area contributed by atoms with E-state index in [0.717, 1.165) is 49.0 Å². The third-order valence-electron chi connectivity index (χ3n) is 5.35. The molecule has 1 N–H and O–H groups in total. The highest BCUT2D eigenvalue weighted by Crippen LogP contribution is 2.33. The zero-order valence-electron chi connectivity index (χ0n) is 15.2. The van der Waals surface area contributed by atoms with Crippen molar-refractivity contribution >= 4 is 39.2 Å². The van der Waals surface area contributed by atoms with Crippen LogP contribution in [0.2, 0.25) is 0 Å². The molecule has 5 nitrogen and oxygen atoms in total. The largest absolute Gasteiger partial charge is 0.342 e. The summed E-state index contributed by atoms with van der Waals surface area (Å²) in [6, 6.07) is 0. The van der Waals surface area contributed by atoms with Crippen molar-refractivity contribution in [1.29, 1.82) is 0 Å². The summed E-state index contributed by atoms with van der Waals surface area (Å²) in [7, 11) is 0. The number of thioether (sulfide) groups is 1. The summed E-state index contributed by atoms with van der Waals surface area (Å²) in [5.74, 6) is 2.52. The lowest BCUT2D eigenvalue weighted by Crippen LogP contribution is -2.40. The molecule has 0 spiro atoms. The van der Waals surface area contributed by atoms with Gasteiger partial charge in [0.15, 0.2) is 0 Å². The quantitative estimate of drug-likeness (QED) is 0.868. The molecule has 26 heavy (non-hydrogen) atoms. The van der Waals surface area contributed by atoms with Crippen LogP contribution in [0, 0.1) is 5.92 Å². The lowest BCUT2D eigenvalue weighted by atomic mass is 9.97. The summed E-state index contributed by atoms with van der Waals surface area (Å²) in [4.78, 5) is 36.7. The van der Waals surface area contributed by atoms with Crippen molar-refractivity contribution in [2.45, 2.75) is 51.2 Å². The molecule has 1 atom stereocenters. The second-order valence-corrected chi connectivity index (χ2v) is 9.55. The summed E-state index contributed by atoms with van der Waals surface area (Å²) < 4.78 is 0. The van der Waals surface area contributed by atoms with Crippen molar-refractivity contribution in [3.8, 4) is 0 Å². The smallest absolute Gasteiger partial charge is 0.259 e. The van der Waals surface area contributed by atoms with Crippen LogP contribution in [0.15, 0.2) is 4.79 Å². The van der Waals surface area contributed by atoms with E-state index in [0.29, 0.717) is 23.2 Å². The molecular formula is C19H25N3O2S2. The van der Waals surface area contributed by atoms with Crippen LogP contribution in [0.4, 0.5) is 0 Å². The standard InChI is InChI=1S/C19H25N3O2S2/c1-12-5-4-8-22(9-12)16(23)11-25-10-15-20-18(24)17-13-6-2-3-7-14(13)26-19(17)21-15/h12H,2-11H2,1H3,(H,20,21,24)/t12-/m1/s1. The number of piperidine rings is 1. The van der Waals surface area contributed by atoms with E-state index in [1.54, 1.807) is 23.1 Å². The van der Waals surface area contributed by atoms with Gasteiger partial charge in [0.1, 0.15) is 10.7 Å². The Labute approximate surface area is 161 Å². The van der Waals surface area contributed by atoms with Crippen LogP contribution in [0.1, 0.15) is 48.9 Å². The number of likely N-dealkylation sites (tertiary alicyclic amines) is 1. The maximum Gasteiger partial charge on any atom is 0.259 e. The molecule has 1 aliphatic heterocycles. The average molecular weight is 392 g/mol. The molecule has 2 aliphatic rings. The first kappa shape index (κ1) is 18.0. The predicted molar refractivity (Wildman–Crippen MR) is 108 cm³/mol. The Morgan fingerprint density at radius 3 is 3.04 bits per heavy atom. The van der Waals surface area contributed by atoms with Gasteiger partial charge in [-0.05, 0) is 50.0 Å². The van der Waals surface area contributed by atoms with Crippen molar-refractivity contribution in [3.05, 3.63) is 26.6 Å². The molecule has 0 aromatic carbocycles. The van der Waals surface area contributed by atoms with Gasteiger partial charge in [0.25, 0.3) is 5.56 Å². The highest BCUT2D eigenvalue weighted by molar-refractivity contribution is 7.99. The predicted octanol–water partition coefficient (Wildman–Crippen LogP) is 3.36. The van der Waals surface area contributed by atoms with Gasteiger partial charge in [-0.3, -0.25) is 9.59 Å². The number of nitrogens with one attached hydrogen (secondary N) is 1. The molecule has 1 saturated heterocycles. The first-order valence-electron chi connectivity index (χ1n) is 9.51. The molecule has 7 heteroatoms. The molecule has 2 aromatic heterocycles. The lowest BCUT2D eigenvalue weighted by Gasteiger charge is -2.30. The van der Waals surface area contributed by atoms with Gasteiger partial charge in [-0.25, -0.2) is 4.98 Å². The van der Waals surface area contributed by atoms with Crippen molar-refractivity contribution in [1.82, 2.24) is 14.9 Å². The van der Waals surface area contributed by atoms with Crippen LogP contribution < -0.4 is 5.56 Å². The molecule has 0 saturated carbocycles. The Hall–Kier alpha value is -1.34. The average Bonchev–Trinajstić information content (AvgIpc) is 3.00. The number of aromatic nitrogens is 2. The number of fused-ring (bicyclic) bond motifs is 3. The number of aryl methyl sites for hydroxylation is 2. The maximum atomic E-state index is 12.5. The number of aromatic amines is 1. The summed E-state index contributed by atoms with van der Waals surface area (Å²) in [6.45, 7) is 3.96. The number of H-pyrrole nitrogens is 1. The molecule has 0 radical (unpaired) electrons. The zero-order chi connectivity index (χ0) is 18.1. The molecule has 0 bridgehead atoms. The third-order valence-corrected chi connectivity index (χ3v) is 7.46. The Bertz CT molecular complexity index is 874. The van der Waals surface area contributed by atoms with Crippen LogP contribution in [0.25, 0.3) is 10.2 Å². The van der Waals surface area contributed by atoms with E-state index >= 15 is 0 Å². The number of nitrogens with zero attached hydrogens (tertiary/aromatic N) is 2. The molecular weight excluding hydrogens is 366 g/mol. The first-order valence-corrected chi connectivity index (χ1v) is 11.5. The molecule has 1 fully saturated rings. The Morgan fingerprint density at radius 1 is 1.35 bits per heavy atom. The van der Waals surface area contributed by atoms with Gasteiger partial charge in [-0.15, -0.1) is 23.1 Å². The molecule has 3 heterocycles. The van der Waals surface area contributed by atoms with Gasteiger partial charge in [0.05, 0.1) is 16.9 Å². The number of amides is 1. The minimum atomic E-state index is -0.0128. The van der Waals surface area contributed by atoms with E-state index in [9.17, 15) is 9.59 Å². The Kier molecular flexibility index (Phi) is 5.36. The fourth-order valence-electron chi connectivity index (χ4n) is 4.02. The SMILES string of the molecule is C[C@@H]1CCCN(C(=O)CSCc2nc3sc4c(c3c(=O)[nH]2)CCCC4)C1. The summed E-state index contributed by atoms with van der Waals surface area (Å²) in [5, 5.41) is 0.803. The van der Waals surface area contributed by atoms with Crippen molar-refractivity contribution in [3.63, 3.8) is 0 Å². The summed E-state index contributed by atoms with van der Waals surface area (Å²) in [6.07, 6.45) is 6.75.